The van der Waals surface area contributed by atoms with Gasteiger partial charge in [-0.2, -0.15) is 0 Å². The molecule has 38 heavy (non-hydrogen) atoms. The van der Waals surface area contributed by atoms with Crippen LogP contribution in [0.2, 0.25) is 0 Å². The molecule has 3 aromatic carbocycles. The second-order valence-corrected chi connectivity index (χ2v) is 10.2. The molecule has 0 spiro atoms. The number of rotatable bonds is 9. The van der Waals surface area contributed by atoms with Crippen LogP contribution in [0.4, 0.5) is 11.7 Å². The zero-order valence-corrected chi connectivity index (χ0v) is 21.7. The summed E-state index contributed by atoms with van der Waals surface area (Å²) in [6.45, 7) is 5.09. The molecule has 0 bridgehead atoms. The van der Waals surface area contributed by atoms with Crippen molar-refractivity contribution in [2.45, 2.75) is 25.2 Å². The number of sulfonamides is 1. The van der Waals surface area contributed by atoms with Crippen LogP contribution < -0.4 is 19.1 Å². The van der Waals surface area contributed by atoms with E-state index in [1.54, 1.807) is 24.3 Å². The largest absolute Gasteiger partial charge is 0.490 e. The molecule has 1 N–H and O–H groups in total. The molecule has 2 heterocycles. The summed E-state index contributed by atoms with van der Waals surface area (Å²) in [5, 5.41) is 10.5. The van der Waals surface area contributed by atoms with E-state index in [2.05, 4.69) is 15.5 Å². The number of ether oxygens (including phenoxy) is 2. The van der Waals surface area contributed by atoms with Gasteiger partial charge in [-0.25, -0.2) is 8.42 Å². The van der Waals surface area contributed by atoms with Crippen molar-refractivity contribution in [3.05, 3.63) is 77.9 Å². The van der Waals surface area contributed by atoms with Gasteiger partial charge in [0.05, 0.1) is 23.8 Å². The Balaban J connectivity index is 1.29. The SMILES string of the molecule is CCOc1ccc(-c2nnc(NC(=O)c3ccc(S(=O)(=O)N4CCc5ccccc54)cc3)o2)cc1OCC. The number of amides is 1. The number of nitrogens with zero attached hydrogens (tertiary/aromatic N) is 3. The molecule has 4 aromatic rings. The minimum Gasteiger partial charge on any atom is -0.490 e. The van der Waals surface area contributed by atoms with Crippen LogP contribution in [0.25, 0.3) is 11.5 Å². The van der Waals surface area contributed by atoms with Crippen molar-refractivity contribution in [2.24, 2.45) is 0 Å². The molecule has 0 aliphatic carbocycles. The highest BCUT2D eigenvalue weighted by Crippen LogP contribution is 2.34. The van der Waals surface area contributed by atoms with E-state index in [0.29, 0.717) is 48.9 Å². The fourth-order valence-electron chi connectivity index (χ4n) is 4.21. The van der Waals surface area contributed by atoms with Gasteiger partial charge >= 0.3 is 6.01 Å². The number of hydrogen-bond donors (Lipinski definition) is 1. The maximum Gasteiger partial charge on any atom is 0.322 e. The number of benzene rings is 3. The van der Waals surface area contributed by atoms with Gasteiger partial charge in [0.1, 0.15) is 0 Å². The van der Waals surface area contributed by atoms with Crippen LogP contribution in [-0.4, -0.2) is 44.3 Å². The summed E-state index contributed by atoms with van der Waals surface area (Å²) in [6, 6.07) is 18.3. The van der Waals surface area contributed by atoms with E-state index in [1.807, 2.05) is 32.0 Å². The Morgan fingerprint density at radius 2 is 1.71 bits per heavy atom. The number of fused-ring (bicyclic) bond motifs is 1. The third-order valence-electron chi connectivity index (χ3n) is 5.98. The molecule has 0 fully saturated rings. The fraction of sp³-hybridized carbons (Fsp3) is 0.222. The Bertz CT molecular complexity index is 1570. The predicted molar refractivity (Wildman–Crippen MR) is 141 cm³/mol. The van der Waals surface area contributed by atoms with Gasteiger partial charge in [-0.05, 0) is 74.4 Å². The summed E-state index contributed by atoms with van der Waals surface area (Å²) in [4.78, 5) is 12.9. The average molecular weight is 535 g/mol. The van der Waals surface area contributed by atoms with Gasteiger partial charge in [-0.1, -0.05) is 23.3 Å². The summed E-state index contributed by atoms with van der Waals surface area (Å²) < 4.78 is 44.6. The van der Waals surface area contributed by atoms with E-state index in [9.17, 15) is 13.2 Å². The average Bonchev–Trinajstić information content (AvgIpc) is 3.58. The molecule has 196 valence electrons. The Hall–Kier alpha value is -4.38. The van der Waals surface area contributed by atoms with Crippen molar-refractivity contribution in [1.82, 2.24) is 10.2 Å². The smallest absolute Gasteiger partial charge is 0.322 e. The number of carbonyl (C=O) groups excluding carboxylic acids is 1. The summed E-state index contributed by atoms with van der Waals surface area (Å²) >= 11 is 0. The Labute approximate surface area is 220 Å². The molecular weight excluding hydrogens is 508 g/mol. The monoisotopic (exact) mass is 534 g/mol. The van der Waals surface area contributed by atoms with Gasteiger partial charge in [0.15, 0.2) is 11.5 Å². The third-order valence-corrected chi connectivity index (χ3v) is 7.81. The first kappa shape index (κ1) is 25.3. The number of carbonyl (C=O) groups is 1. The minimum absolute atomic E-state index is 0.0952. The zero-order chi connectivity index (χ0) is 26.7. The minimum atomic E-state index is -3.75. The van der Waals surface area contributed by atoms with Crippen LogP contribution in [0.15, 0.2) is 76.0 Å². The molecule has 0 saturated carbocycles. The van der Waals surface area contributed by atoms with Crippen molar-refractivity contribution in [3.63, 3.8) is 0 Å². The number of nitrogens with one attached hydrogen (secondary N) is 1. The van der Waals surface area contributed by atoms with Crippen LogP contribution in [0.3, 0.4) is 0 Å². The highest BCUT2D eigenvalue weighted by molar-refractivity contribution is 7.92. The first-order valence-corrected chi connectivity index (χ1v) is 13.6. The van der Waals surface area contributed by atoms with Crippen molar-refractivity contribution in [2.75, 3.05) is 29.4 Å². The molecular formula is C27H26N4O6S. The maximum absolute atomic E-state index is 13.2. The van der Waals surface area contributed by atoms with Gasteiger partial charge in [0, 0.05) is 17.7 Å². The quantitative estimate of drug-likeness (QED) is 0.332. The second kappa shape index (κ2) is 10.5. The molecule has 11 heteroatoms. The Kier molecular flexibility index (Phi) is 7.01. The lowest BCUT2D eigenvalue weighted by molar-refractivity contribution is 0.102. The Morgan fingerprint density at radius 3 is 2.47 bits per heavy atom. The molecule has 1 aromatic heterocycles. The first-order valence-electron chi connectivity index (χ1n) is 12.2. The highest BCUT2D eigenvalue weighted by atomic mass is 32.2. The van der Waals surface area contributed by atoms with Crippen molar-refractivity contribution in [3.8, 4) is 23.0 Å². The van der Waals surface area contributed by atoms with Crippen LogP contribution in [0.1, 0.15) is 29.8 Å². The Morgan fingerprint density at radius 1 is 0.974 bits per heavy atom. The lowest BCUT2D eigenvalue weighted by Crippen LogP contribution is -2.29. The van der Waals surface area contributed by atoms with E-state index in [0.717, 1.165) is 5.56 Å². The molecule has 1 amide bonds. The third kappa shape index (κ3) is 4.92. The molecule has 10 nitrogen and oxygen atoms in total. The van der Waals surface area contributed by atoms with E-state index in [-0.39, 0.29) is 22.4 Å². The van der Waals surface area contributed by atoms with Gasteiger partial charge in [0.2, 0.25) is 5.89 Å². The normalized spacial score (nSPS) is 12.7. The van der Waals surface area contributed by atoms with Crippen LogP contribution in [0.5, 0.6) is 11.5 Å². The number of para-hydroxylation sites is 1. The summed E-state index contributed by atoms with van der Waals surface area (Å²) in [7, 11) is -3.75. The van der Waals surface area contributed by atoms with E-state index < -0.39 is 15.9 Å². The lowest BCUT2D eigenvalue weighted by Gasteiger charge is -2.19. The molecule has 0 unspecified atom stereocenters. The molecule has 1 aliphatic heterocycles. The standard InChI is InChI=1S/C27H26N4O6S/c1-3-35-23-14-11-20(17-24(23)36-4-2)26-29-30-27(37-26)28-25(32)19-9-12-21(13-10-19)38(33,34)31-16-15-18-7-5-6-8-22(18)31/h5-14,17H,3-4,15-16H2,1-2H3,(H,28,30,32). The van der Waals surface area contributed by atoms with E-state index in [1.165, 1.54) is 28.6 Å². The lowest BCUT2D eigenvalue weighted by atomic mass is 10.2. The van der Waals surface area contributed by atoms with Gasteiger partial charge in [-0.15, -0.1) is 5.10 Å². The number of anilines is 2. The summed E-state index contributed by atoms with van der Waals surface area (Å²) in [5.74, 6) is 0.822. The highest BCUT2D eigenvalue weighted by Gasteiger charge is 2.30. The molecule has 0 saturated heterocycles. The van der Waals surface area contributed by atoms with E-state index >= 15 is 0 Å². The van der Waals surface area contributed by atoms with Gasteiger partial charge in [-0.3, -0.25) is 14.4 Å². The van der Waals surface area contributed by atoms with Crippen molar-refractivity contribution in [1.29, 1.82) is 0 Å². The van der Waals surface area contributed by atoms with E-state index in [4.69, 9.17) is 13.9 Å². The topological polar surface area (TPSA) is 124 Å². The van der Waals surface area contributed by atoms with Crippen LogP contribution >= 0.6 is 0 Å². The molecule has 5 rings (SSSR count). The maximum atomic E-state index is 13.2. The fourth-order valence-corrected chi connectivity index (χ4v) is 5.71. The van der Waals surface area contributed by atoms with Crippen molar-refractivity contribution < 1.29 is 27.1 Å². The summed E-state index contributed by atoms with van der Waals surface area (Å²) in [5.41, 5.74) is 2.51. The number of hydrogen-bond acceptors (Lipinski definition) is 8. The summed E-state index contributed by atoms with van der Waals surface area (Å²) in [6.07, 6.45) is 0.658. The molecule has 1 aliphatic rings. The predicted octanol–water partition coefficient (Wildman–Crippen LogP) is 4.54. The van der Waals surface area contributed by atoms with Gasteiger partial charge < -0.3 is 13.9 Å². The zero-order valence-electron chi connectivity index (χ0n) is 20.9. The second-order valence-electron chi connectivity index (χ2n) is 8.37. The van der Waals surface area contributed by atoms with Gasteiger partial charge in [0.25, 0.3) is 15.9 Å². The van der Waals surface area contributed by atoms with Crippen molar-refractivity contribution >= 4 is 27.6 Å². The first-order chi connectivity index (χ1) is 18.4. The molecule has 0 atom stereocenters. The number of aromatic nitrogens is 2. The van der Waals surface area contributed by atoms with Crippen LogP contribution in [0, 0.1) is 0 Å². The molecule has 0 radical (unpaired) electrons. The van der Waals surface area contributed by atoms with Crippen LogP contribution in [-0.2, 0) is 16.4 Å².